The molecule has 0 aromatic rings. The second-order valence-corrected chi connectivity index (χ2v) is 4.33. The van der Waals surface area contributed by atoms with Crippen LogP contribution in [-0.2, 0) is 4.74 Å². The van der Waals surface area contributed by atoms with Crippen LogP contribution in [0.15, 0.2) is 11.6 Å². The van der Waals surface area contributed by atoms with Gasteiger partial charge in [0.1, 0.15) is 0 Å². The third-order valence-corrected chi connectivity index (χ3v) is 2.62. The fraction of sp³-hybridized carbons (Fsp3) is 0.833. The van der Waals surface area contributed by atoms with Crippen LogP contribution in [0.2, 0.25) is 0 Å². The molecule has 0 heterocycles. The van der Waals surface area contributed by atoms with Crippen LogP contribution in [0.1, 0.15) is 39.5 Å². The van der Waals surface area contributed by atoms with Crippen molar-refractivity contribution < 1.29 is 9.84 Å². The van der Waals surface area contributed by atoms with Gasteiger partial charge in [0, 0.05) is 12.5 Å². The van der Waals surface area contributed by atoms with Gasteiger partial charge >= 0.3 is 0 Å². The van der Waals surface area contributed by atoms with Gasteiger partial charge in [-0.1, -0.05) is 11.6 Å². The Bertz CT molecular complexity index is 185. The molecule has 0 aromatic heterocycles. The number of aliphatic hydroxyl groups excluding tert-OH is 1. The number of aliphatic hydroxyl groups is 1. The lowest BCUT2D eigenvalue weighted by Crippen LogP contribution is -2.15. The van der Waals surface area contributed by atoms with Gasteiger partial charge in [0.2, 0.25) is 0 Å². The van der Waals surface area contributed by atoms with Crippen LogP contribution < -0.4 is 0 Å². The van der Waals surface area contributed by atoms with Gasteiger partial charge in [0.25, 0.3) is 0 Å². The monoisotopic (exact) mass is 198 g/mol. The first-order valence-corrected chi connectivity index (χ1v) is 5.64. The maximum Gasteiger partial charge on any atom is 0.0532 e. The van der Waals surface area contributed by atoms with Gasteiger partial charge in [-0.05, 0) is 39.5 Å². The lowest BCUT2D eigenvalue weighted by atomic mass is 9.90. The summed E-state index contributed by atoms with van der Waals surface area (Å²) in [5.41, 5.74) is 1.41. The Morgan fingerprint density at radius 1 is 1.57 bits per heavy atom. The van der Waals surface area contributed by atoms with E-state index in [0.717, 1.165) is 13.0 Å². The summed E-state index contributed by atoms with van der Waals surface area (Å²) in [6.45, 7) is 5.26. The minimum atomic E-state index is 0.281. The topological polar surface area (TPSA) is 29.5 Å². The lowest BCUT2D eigenvalue weighted by Gasteiger charge is -2.21. The minimum Gasteiger partial charge on any atom is -0.396 e. The van der Waals surface area contributed by atoms with E-state index in [4.69, 9.17) is 9.84 Å². The zero-order valence-corrected chi connectivity index (χ0v) is 9.33. The molecule has 1 aliphatic rings. The van der Waals surface area contributed by atoms with Crippen molar-refractivity contribution in [3.05, 3.63) is 11.6 Å². The number of hydrogen-bond acceptors (Lipinski definition) is 2. The van der Waals surface area contributed by atoms with Gasteiger partial charge in [0.15, 0.2) is 0 Å². The molecule has 0 radical (unpaired) electrons. The van der Waals surface area contributed by atoms with Crippen molar-refractivity contribution in [1.29, 1.82) is 0 Å². The molecule has 0 aliphatic heterocycles. The molecule has 0 spiro atoms. The molecule has 1 unspecified atom stereocenters. The Morgan fingerprint density at radius 3 is 3.00 bits per heavy atom. The predicted octanol–water partition coefficient (Wildman–Crippen LogP) is 2.52. The van der Waals surface area contributed by atoms with Crippen molar-refractivity contribution in [3.8, 4) is 0 Å². The van der Waals surface area contributed by atoms with Crippen molar-refractivity contribution in [3.63, 3.8) is 0 Å². The Morgan fingerprint density at radius 2 is 2.36 bits per heavy atom. The smallest absolute Gasteiger partial charge is 0.0532 e. The molecule has 0 amide bonds. The van der Waals surface area contributed by atoms with E-state index in [1.807, 2.05) is 0 Å². The van der Waals surface area contributed by atoms with Crippen molar-refractivity contribution in [2.45, 2.75) is 45.6 Å². The first kappa shape index (κ1) is 11.7. The van der Waals surface area contributed by atoms with Crippen LogP contribution in [0, 0.1) is 5.92 Å². The fourth-order valence-electron chi connectivity index (χ4n) is 1.89. The Balaban J connectivity index is 2.34. The number of hydrogen-bond donors (Lipinski definition) is 1. The third-order valence-electron chi connectivity index (χ3n) is 2.62. The predicted molar refractivity (Wildman–Crippen MR) is 58.2 cm³/mol. The standard InChI is InChI=1S/C12H22O2/c1-10(2)14-9-12-5-3-4-11(8-12)6-7-13/h8,10,12-13H,3-7,9H2,1-2H3. The summed E-state index contributed by atoms with van der Waals surface area (Å²) < 4.78 is 5.60. The fourth-order valence-corrected chi connectivity index (χ4v) is 1.89. The van der Waals surface area contributed by atoms with Crippen LogP contribution in [-0.4, -0.2) is 24.4 Å². The molecule has 1 rings (SSSR count). The van der Waals surface area contributed by atoms with Gasteiger partial charge < -0.3 is 9.84 Å². The molecule has 0 saturated heterocycles. The van der Waals surface area contributed by atoms with Crippen LogP contribution in [0.3, 0.4) is 0 Å². The van der Waals surface area contributed by atoms with E-state index in [9.17, 15) is 0 Å². The highest BCUT2D eigenvalue weighted by Gasteiger charge is 2.13. The van der Waals surface area contributed by atoms with E-state index in [1.165, 1.54) is 24.8 Å². The van der Waals surface area contributed by atoms with Crippen molar-refractivity contribution in [2.24, 2.45) is 5.92 Å². The van der Waals surface area contributed by atoms with Crippen LogP contribution in [0.5, 0.6) is 0 Å². The van der Waals surface area contributed by atoms with Crippen molar-refractivity contribution in [2.75, 3.05) is 13.2 Å². The molecular weight excluding hydrogens is 176 g/mol. The second kappa shape index (κ2) is 6.20. The largest absolute Gasteiger partial charge is 0.396 e. The van der Waals surface area contributed by atoms with E-state index < -0.39 is 0 Å². The highest BCUT2D eigenvalue weighted by atomic mass is 16.5. The molecule has 82 valence electrons. The zero-order chi connectivity index (χ0) is 10.4. The molecule has 14 heavy (non-hydrogen) atoms. The first-order valence-electron chi connectivity index (χ1n) is 5.64. The number of rotatable bonds is 5. The van der Waals surface area contributed by atoms with E-state index in [1.54, 1.807) is 0 Å². The Labute approximate surface area is 87.0 Å². The SMILES string of the molecule is CC(C)OCC1C=C(CCO)CCC1. The van der Waals surface area contributed by atoms with Gasteiger partial charge in [-0.2, -0.15) is 0 Å². The van der Waals surface area contributed by atoms with Crippen LogP contribution >= 0.6 is 0 Å². The molecule has 1 atom stereocenters. The summed E-state index contributed by atoms with van der Waals surface area (Å²) in [5.74, 6) is 0.577. The molecule has 0 saturated carbocycles. The van der Waals surface area contributed by atoms with Crippen molar-refractivity contribution in [1.82, 2.24) is 0 Å². The molecule has 2 nitrogen and oxygen atoms in total. The van der Waals surface area contributed by atoms with Crippen molar-refractivity contribution >= 4 is 0 Å². The second-order valence-electron chi connectivity index (χ2n) is 4.33. The van der Waals surface area contributed by atoms with Gasteiger partial charge in [-0.3, -0.25) is 0 Å². The molecule has 0 aromatic carbocycles. The van der Waals surface area contributed by atoms with E-state index >= 15 is 0 Å². The maximum atomic E-state index is 8.85. The zero-order valence-electron chi connectivity index (χ0n) is 9.33. The molecular formula is C12H22O2. The summed E-state index contributed by atoms with van der Waals surface area (Å²) in [6, 6.07) is 0. The van der Waals surface area contributed by atoms with Gasteiger partial charge in [-0.25, -0.2) is 0 Å². The van der Waals surface area contributed by atoms with E-state index in [-0.39, 0.29) is 6.61 Å². The van der Waals surface area contributed by atoms with Gasteiger partial charge in [0.05, 0.1) is 12.7 Å². The first-order chi connectivity index (χ1) is 6.72. The molecule has 2 heteroatoms. The minimum absolute atomic E-state index is 0.281. The normalized spacial score (nSPS) is 22.6. The van der Waals surface area contributed by atoms with Gasteiger partial charge in [-0.15, -0.1) is 0 Å². The average Bonchev–Trinajstić information content (AvgIpc) is 2.16. The summed E-state index contributed by atoms with van der Waals surface area (Å²) in [5, 5.41) is 8.85. The summed E-state index contributed by atoms with van der Waals surface area (Å²) in [6.07, 6.45) is 7.13. The molecule has 0 fully saturated rings. The molecule has 1 aliphatic carbocycles. The van der Waals surface area contributed by atoms with E-state index in [0.29, 0.717) is 12.0 Å². The van der Waals surface area contributed by atoms with Crippen LogP contribution in [0.25, 0.3) is 0 Å². The summed E-state index contributed by atoms with van der Waals surface area (Å²) in [4.78, 5) is 0. The summed E-state index contributed by atoms with van der Waals surface area (Å²) in [7, 11) is 0. The average molecular weight is 198 g/mol. The highest BCUT2D eigenvalue weighted by Crippen LogP contribution is 2.25. The molecule has 1 N–H and O–H groups in total. The van der Waals surface area contributed by atoms with Crippen LogP contribution in [0.4, 0.5) is 0 Å². The Kier molecular flexibility index (Phi) is 5.20. The Hall–Kier alpha value is -0.340. The van der Waals surface area contributed by atoms with E-state index in [2.05, 4.69) is 19.9 Å². The maximum absolute atomic E-state index is 8.85. The quantitative estimate of drug-likeness (QED) is 0.688. The highest BCUT2D eigenvalue weighted by molar-refractivity contribution is 5.08. The lowest BCUT2D eigenvalue weighted by molar-refractivity contribution is 0.0578. The third kappa shape index (κ3) is 4.25. The molecule has 0 bridgehead atoms. The summed E-state index contributed by atoms with van der Waals surface area (Å²) >= 11 is 0. The number of ether oxygens (including phenoxy) is 1.